The highest BCUT2D eigenvalue weighted by atomic mass is 16.5. The number of ether oxygens (including phenoxy) is 1. The van der Waals surface area contributed by atoms with Gasteiger partial charge in [0.05, 0.1) is 5.39 Å². The molecule has 162 valence electrons. The van der Waals surface area contributed by atoms with Crippen molar-refractivity contribution in [3.63, 3.8) is 0 Å². The first-order valence-corrected chi connectivity index (χ1v) is 10.6. The van der Waals surface area contributed by atoms with Gasteiger partial charge in [-0.05, 0) is 36.6 Å². The van der Waals surface area contributed by atoms with Crippen LogP contribution in [0.3, 0.4) is 0 Å². The number of aryl methyl sites for hydroxylation is 1. The standard InChI is InChI=1S/C27H25NO4/c1-17(2)20-8-4-6-10-22(20)28-24(29)16-31-27-25(30)21-9-5-7-11-23(21)32-26(27)19-14-12-18(3)13-15-19/h4-15,17H,16H2,1-3H3,(H,28,29). The molecule has 1 N–H and O–H groups in total. The van der Waals surface area contributed by atoms with Crippen LogP contribution in [-0.2, 0) is 4.79 Å². The smallest absolute Gasteiger partial charge is 0.262 e. The molecule has 1 aromatic heterocycles. The van der Waals surface area contributed by atoms with Crippen LogP contribution < -0.4 is 15.5 Å². The number of anilines is 1. The summed E-state index contributed by atoms with van der Waals surface area (Å²) >= 11 is 0. The monoisotopic (exact) mass is 427 g/mol. The molecule has 32 heavy (non-hydrogen) atoms. The van der Waals surface area contributed by atoms with Gasteiger partial charge in [-0.2, -0.15) is 0 Å². The highest BCUT2D eigenvalue weighted by Gasteiger charge is 2.19. The van der Waals surface area contributed by atoms with Gasteiger partial charge in [0, 0.05) is 11.3 Å². The van der Waals surface area contributed by atoms with Gasteiger partial charge >= 0.3 is 0 Å². The highest BCUT2D eigenvalue weighted by Crippen LogP contribution is 2.31. The molecular formula is C27H25NO4. The highest BCUT2D eigenvalue weighted by molar-refractivity contribution is 5.93. The topological polar surface area (TPSA) is 68.5 Å². The Bertz CT molecular complexity index is 1320. The molecule has 0 aliphatic rings. The number of fused-ring (bicyclic) bond motifs is 1. The summed E-state index contributed by atoms with van der Waals surface area (Å²) in [6.07, 6.45) is 0. The molecule has 0 bridgehead atoms. The zero-order chi connectivity index (χ0) is 22.7. The van der Waals surface area contributed by atoms with Gasteiger partial charge in [-0.15, -0.1) is 0 Å². The predicted octanol–water partition coefficient (Wildman–Crippen LogP) is 5.91. The van der Waals surface area contributed by atoms with Crippen molar-refractivity contribution in [2.75, 3.05) is 11.9 Å². The van der Waals surface area contributed by atoms with Crippen LogP contribution in [0.25, 0.3) is 22.3 Å². The summed E-state index contributed by atoms with van der Waals surface area (Å²) < 4.78 is 11.8. The van der Waals surface area contributed by atoms with Crippen LogP contribution in [0.15, 0.2) is 82.0 Å². The van der Waals surface area contributed by atoms with Crippen molar-refractivity contribution in [3.05, 3.63) is 94.1 Å². The Morgan fingerprint density at radius 1 is 0.969 bits per heavy atom. The van der Waals surface area contributed by atoms with Crippen molar-refractivity contribution in [3.8, 4) is 17.1 Å². The van der Waals surface area contributed by atoms with Crippen LogP contribution in [0.5, 0.6) is 5.75 Å². The first-order chi connectivity index (χ1) is 15.4. The largest absolute Gasteiger partial charge is 0.476 e. The maximum absolute atomic E-state index is 13.2. The second kappa shape index (κ2) is 9.10. The molecule has 0 saturated heterocycles. The van der Waals surface area contributed by atoms with Crippen molar-refractivity contribution in [2.24, 2.45) is 0 Å². The second-order valence-electron chi connectivity index (χ2n) is 8.03. The third kappa shape index (κ3) is 4.42. The molecule has 0 fully saturated rings. The van der Waals surface area contributed by atoms with Crippen molar-refractivity contribution in [2.45, 2.75) is 26.7 Å². The van der Waals surface area contributed by atoms with Gasteiger partial charge in [0.25, 0.3) is 5.91 Å². The van der Waals surface area contributed by atoms with Crippen LogP contribution in [0.2, 0.25) is 0 Å². The molecule has 0 spiro atoms. The lowest BCUT2D eigenvalue weighted by Crippen LogP contribution is -2.23. The maximum atomic E-state index is 13.2. The van der Waals surface area contributed by atoms with Gasteiger partial charge in [0.2, 0.25) is 11.2 Å². The Hall–Kier alpha value is -3.86. The van der Waals surface area contributed by atoms with E-state index in [0.717, 1.165) is 16.8 Å². The number of benzene rings is 3. The van der Waals surface area contributed by atoms with E-state index < -0.39 is 0 Å². The molecule has 5 nitrogen and oxygen atoms in total. The molecule has 0 radical (unpaired) electrons. The number of hydrogen-bond donors (Lipinski definition) is 1. The van der Waals surface area contributed by atoms with Crippen molar-refractivity contribution in [1.82, 2.24) is 0 Å². The summed E-state index contributed by atoms with van der Waals surface area (Å²) in [6, 6.07) is 22.3. The lowest BCUT2D eigenvalue weighted by Gasteiger charge is -2.15. The van der Waals surface area contributed by atoms with Gasteiger partial charge in [0.15, 0.2) is 12.4 Å². The molecule has 3 aromatic carbocycles. The molecule has 0 unspecified atom stereocenters. The molecule has 1 heterocycles. The summed E-state index contributed by atoms with van der Waals surface area (Å²) in [7, 11) is 0. The normalized spacial score (nSPS) is 11.0. The van der Waals surface area contributed by atoms with Gasteiger partial charge in [-0.1, -0.05) is 74.0 Å². The first kappa shape index (κ1) is 21.4. The van der Waals surface area contributed by atoms with Crippen molar-refractivity contribution < 1.29 is 13.9 Å². The molecular weight excluding hydrogens is 402 g/mol. The molecule has 0 saturated carbocycles. The van der Waals surface area contributed by atoms with Gasteiger partial charge < -0.3 is 14.5 Å². The molecule has 5 heteroatoms. The number of carbonyl (C=O) groups is 1. The third-order valence-corrected chi connectivity index (χ3v) is 5.27. The minimum Gasteiger partial charge on any atom is -0.476 e. The molecule has 4 rings (SSSR count). The molecule has 0 aliphatic carbocycles. The van der Waals surface area contributed by atoms with E-state index in [2.05, 4.69) is 19.2 Å². The van der Waals surface area contributed by atoms with Gasteiger partial charge in [-0.25, -0.2) is 0 Å². The summed E-state index contributed by atoms with van der Waals surface area (Å²) in [5.41, 5.74) is 3.72. The number of hydrogen-bond acceptors (Lipinski definition) is 4. The average molecular weight is 428 g/mol. The Labute approximate surface area is 186 Å². The quantitative estimate of drug-likeness (QED) is 0.415. The lowest BCUT2D eigenvalue weighted by atomic mass is 10.0. The van der Waals surface area contributed by atoms with Crippen LogP contribution in [-0.4, -0.2) is 12.5 Å². The summed E-state index contributed by atoms with van der Waals surface area (Å²) in [5.74, 6) is 0.248. The fraction of sp³-hybridized carbons (Fsp3) is 0.185. The van der Waals surface area contributed by atoms with E-state index >= 15 is 0 Å². The van der Waals surface area contributed by atoms with Crippen molar-refractivity contribution in [1.29, 1.82) is 0 Å². The molecule has 0 atom stereocenters. The first-order valence-electron chi connectivity index (χ1n) is 10.6. The number of para-hydroxylation sites is 2. The minimum absolute atomic E-state index is 0.0276. The zero-order valence-electron chi connectivity index (χ0n) is 18.3. The summed E-state index contributed by atoms with van der Waals surface area (Å²) in [6.45, 7) is 5.80. The van der Waals surface area contributed by atoms with E-state index in [-0.39, 0.29) is 29.6 Å². The van der Waals surface area contributed by atoms with E-state index in [1.165, 1.54) is 0 Å². The maximum Gasteiger partial charge on any atom is 0.262 e. The van der Waals surface area contributed by atoms with E-state index in [1.54, 1.807) is 18.2 Å². The lowest BCUT2D eigenvalue weighted by molar-refractivity contribution is -0.118. The second-order valence-corrected chi connectivity index (χ2v) is 8.03. The number of carbonyl (C=O) groups excluding carboxylic acids is 1. The Balaban J connectivity index is 1.66. The summed E-state index contributed by atoms with van der Waals surface area (Å²) in [4.78, 5) is 25.8. The fourth-order valence-electron chi connectivity index (χ4n) is 3.59. The number of nitrogens with one attached hydrogen (secondary N) is 1. The predicted molar refractivity (Wildman–Crippen MR) is 127 cm³/mol. The van der Waals surface area contributed by atoms with Gasteiger partial charge in [0.1, 0.15) is 5.58 Å². The molecule has 0 aliphatic heterocycles. The van der Waals surface area contributed by atoms with E-state index in [9.17, 15) is 9.59 Å². The fourth-order valence-corrected chi connectivity index (χ4v) is 3.59. The molecule has 4 aromatic rings. The Morgan fingerprint density at radius 2 is 1.66 bits per heavy atom. The van der Waals surface area contributed by atoms with Crippen LogP contribution in [0, 0.1) is 6.92 Å². The van der Waals surface area contributed by atoms with E-state index in [0.29, 0.717) is 22.3 Å². The van der Waals surface area contributed by atoms with Crippen LogP contribution in [0.1, 0.15) is 30.9 Å². The van der Waals surface area contributed by atoms with E-state index in [1.807, 2.05) is 61.5 Å². The number of amides is 1. The van der Waals surface area contributed by atoms with Crippen LogP contribution in [0.4, 0.5) is 5.69 Å². The average Bonchev–Trinajstić information content (AvgIpc) is 2.79. The van der Waals surface area contributed by atoms with Crippen molar-refractivity contribution >= 4 is 22.6 Å². The zero-order valence-corrected chi connectivity index (χ0v) is 18.3. The van der Waals surface area contributed by atoms with Crippen LogP contribution >= 0.6 is 0 Å². The third-order valence-electron chi connectivity index (χ3n) is 5.27. The Morgan fingerprint density at radius 3 is 2.41 bits per heavy atom. The van der Waals surface area contributed by atoms with Gasteiger partial charge in [-0.3, -0.25) is 9.59 Å². The Kier molecular flexibility index (Phi) is 6.08. The SMILES string of the molecule is Cc1ccc(-c2oc3ccccc3c(=O)c2OCC(=O)Nc2ccccc2C(C)C)cc1. The minimum atomic E-state index is -0.347. The van der Waals surface area contributed by atoms with E-state index in [4.69, 9.17) is 9.15 Å². The molecule has 1 amide bonds. The number of rotatable bonds is 6. The summed E-state index contributed by atoms with van der Waals surface area (Å²) in [5, 5.41) is 3.30.